The maximum atomic E-state index is 12.2. The fourth-order valence-corrected chi connectivity index (χ4v) is 2.22. The Labute approximate surface area is 157 Å². The van der Waals surface area contributed by atoms with Crippen LogP contribution in [-0.2, 0) is 4.79 Å². The molecule has 2 aromatic carbocycles. The molecule has 0 aromatic heterocycles. The molecule has 8 nitrogen and oxygen atoms in total. The van der Waals surface area contributed by atoms with E-state index in [0.717, 1.165) is 10.7 Å². The zero-order valence-electron chi connectivity index (χ0n) is 13.5. The summed E-state index contributed by atoms with van der Waals surface area (Å²) >= 11 is 3.29. The number of nitrogens with one attached hydrogen (secondary N) is 2. The highest BCUT2D eigenvalue weighted by molar-refractivity contribution is 9.10. The SMILES string of the molecule is COc1ccc([N+](=O)[O-])cc1N/C=C(/C#N)C(=O)Nc1ccc(Br)cc1. The van der Waals surface area contributed by atoms with Crippen LogP contribution in [0.25, 0.3) is 0 Å². The van der Waals surface area contributed by atoms with E-state index in [9.17, 15) is 20.2 Å². The molecule has 2 rings (SSSR count). The van der Waals surface area contributed by atoms with Gasteiger partial charge in [-0.15, -0.1) is 0 Å². The summed E-state index contributed by atoms with van der Waals surface area (Å²) in [6.07, 6.45) is 1.16. The first-order valence-electron chi connectivity index (χ1n) is 7.20. The van der Waals surface area contributed by atoms with Crippen molar-refractivity contribution in [3.63, 3.8) is 0 Å². The standard InChI is InChI=1S/C17H13BrN4O4/c1-26-16-7-6-14(22(24)25)8-15(16)20-10-11(9-19)17(23)21-13-4-2-12(18)3-5-13/h2-8,10,20H,1H3,(H,21,23)/b11-10-. The molecule has 0 aliphatic heterocycles. The molecule has 26 heavy (non-hydrogen) atoms. The van der Waals surface area contributed by atoms with Crippen LogP contribution < -0.4 is 15.4 Å². The summed E-state index contributed by atoms with van der Waals surface area (Å²) in [6, 6.07) is 12.6. The summed E-state index contributed by atoms with van der Waals surface area (Å²) in [6.45, 7) is 0. The molecule has 0 saturated carbocycles. The second-order valence-corrected chi connectivity index (χ2v) is 5.83. The van der Waals surface area contributed by atoms with Gasteiger partial charge >= 0.3 is 0 Å². The number of methoxy groups -OCH3 is 1. The van der Waals surface area contributed by atoms with E-state index in [-0.39, 0.29) is 16.9 Å². The molecule has 9 heteroatoms. The van der Waals surface area contributed by atoms with Crippen LogP contribution in [0.5, 0.6) is 5.75 Å². The predicted molar refractivity (Wildman–Crippen MR) is 99.7 cm³/mol. The lowest BCUT2D eigenvalue weighted by Gasteiger charge is -2.09. The van der Waals surface area contributed by atoms with Gasteiger partial charge in [-0.25, -0.2) is 0 Å². The Bertz CT molecular complexity index is 904. The molecule has 2 aromatic rings. The first-order valence-corrected chi connectivity index (χ1v) is 8.00. The molecule has 0 aliphatic rings. The van der Waals surface area contributed by atoms with Gasteiger partial charge in [-0.2, -0.15) is 5.26 Å². The molecule has 0 radical (unpaired) electrons. The van der Waals surface area contributed by atoms with Crippen molar-refractivity contribution in [3.8, 4) is 11.8 Å². The minimum atomic E-state index is -0.619. The summed E-state index contributed by atoms with van der Waals surface area (Å²) in [5.41, 5.74) is 0.416. The average molecular weight is 417 g/mol. The summed E-state index contributed by atoms with van der Waals surface area (Å²) in [4.78, 5) is 22.5. The van der Waals surface area contributed by atoms with Gasteiger partial charge in [0.1, 0.15) is 17.4 Å². The predicted octanol–water partition coefficient (Wildman–Crippen LogP) is 3.82. The number of nitro groups is 1. The maximum Gasteiger partial charge on any atom is 0.271 e. The van der Waals surface area contributed by atoms with Crippen LogP contribution in [-0.4, -0.2) is 17.9 Å². The van der Waals surface area contributed by atoms with E-state index in [0.29, 0.717) is 11.4 Å². The van der Waals surface area contributed by atoms with E-state index in [4.69, 9.17) is 4.74 Å². The first-order chi connectivity index (χ1) is 12.4. The van der Waals surface area contributed by atoms with E-state index in [1.54, 1.807) is 30.3 Å². The van der Waals surface area contributed by atoms with Gasteiger partial charge in [0.15, 0.2) is 0 Å². The Balaban J connectivity index is 2.20. The molecule has 0 saturated heterocycles. The van der Waals surface area contributed by atoms with Crippen molar-refractivity contribution in [3.05, 3.63) is 68.8 Å². The Hall–Kier alpha value is -3.38. The molecule has 0 spiro atoms. The Morgan fingerprint density at radius 2 is 2.00 bits per heavy atom. The normalized spacial score (nSPS) is 10.6. The zero-order valence-corrected chi connectivity index (χ0v) is 15.1. The van der Waals surface area contributed by atoms with Gasteiger partial charge in [-0.05, 0) is 30.3 Å². The molecule has 2 N–H and O–H groups in total. The van der Waals surface area contributed by atoms with Gasteiger partial charge in [0.2, 0.25) is 0 Å². The van der Waals surface area contributed by atoms with E-state index in [1.165, 1.54) is 25.3 Å². The van der Waals surface area contributed by atoms with Gasteiger partial charge in [-0.3, -0.25) is 14.9 Å². The molecule has 1 amide bonds. The Morgan fingerprint density at radius 3 is 2.58 bits per heavy atom. The molecular weight excluding hydrogens is 404 g/mol. The third-order valence-corrected chi connectivity index (χ3v) is 3.76. The molecule has 0 atom stereocenters. The summed E-state index contributed by atoms with van der Waals surface area (Å²) < 4.78 is 5.96. The number of nitrogens with zero attached hydrogens (tertiary/aromatic N) is 2. The highest BCUT2D eigenvalue weighted by Gasteiger charge is 2.13. The number of non-ortho nitro benzene ring substituents is 1. The highest BCUT2D eigenvalue weighted by Crippen LogP contribution is 2.29. The van der Waals surface area contributed by atoms with Crippen LogP contribution in [0.1, 0.15) is 0 Å². The molecular formula is C17H13BrN4O4. The number of amides is 1. The van der Waals surface area contributed by atoms with Gasteiger partial charge in [0, 0.05) is 28.5 Å². The van der Waals surface area contributed by atoms with E-state index < -0.39 is 10.8 Å². The van der Waals surface area contributed by atoms with Crippen molar-refractivity contribution in [1.29, 1.82) is 5.26 Å². The van der Waals surface area contributed by atoms with Crippen LogP contribution in [0.3, 0.4) is 0 Å². The van der Waals surface area contributed by atoms with Crippen molar-refractivity contribution in [1.82, 2.24) is 0 Å². The van der Waals surface area contributed by atoms with Crippen molar-refractivity contribution in [2.24, 2.45) is 0 Å². The van der Waals surface area contributed by atoms with Crippen LogP contribution in [0.4, 0.5) is 17.1 Å². The average Bonchev–Trinajstić information content (AvgIpc) is 2.63. The molecule has 0 heterocycles. The number of hydrogen-bond donors (Lipinski definition) is 2. The van der Waals surface area contributed by atoms with Crippen molar-refractivity contribution in [2.45, 2.75) is 0 Å². The first kappa shape index (κ1) is 19.0. The van der Waals surface area contributed by atoms with E-state index >= 15 is 0 Å². The number of ether oxygens (including phenoxy) is 1. The minimum absolute atomic E-state index is 0.153. The van der Waals surface area contributed by atoms with Gasteiger partial charge in [0.25, 0.3) is 11.6 Å². The number of nitro benzene ring substituents is 1. The van der Waals surface area contributed by atoms with Crippen molar-refractivity contribution in [2.75, 3.05) is 17.7 Å². The van der Waals surface area contributed by atoms with Gasteiger partial charge in [-0.1, -0.05) is 15.9 Å². The van der Waals surface area contributed by atoms with Crippen molar-refractivity contribution >= 4 is 38.9 Å². The Kier molecular flexibility index (Phi) is 6.30. The number of nitriles is 1. The third-order valence-electron chi connectivity index (χ3n) is 3.23. The lowest BCUT2D eigenvalue weighted by Crippen LogP contribution is -2.14. The highest BCUT2D eigenvalue weighted by atomic mass is 79.9. The number of rotatable bonds is 6. The Morgan fingerprint density at radius 1 is 1.31 bits per heavy atom. The maximum absolute atomic E-state index is 12.2. The lowest BCUT2D eigenvalue weighted by molar-refractivity contribution is -0.384. The quantitative estimate of drug-likeness (QED) is 0.319. The fourth-order valence-electron chi connectivity index (χ4n) is 1.95. The number of carbonyl (C=O) groups excluding carboxylic acids is 1. The topological polar surface area (TPSA) is 117 Å². The van der Waals surface area contributed by atoms with Crippen LogP contribution in [0.2, 0.25) is 0 Å². The fraction of sp³-hybridized carbons (Fsp3) is 0.0588. The largest absolute Gasteiger partial charge is 0.495 e. The van der Waals surface area contributed by atoms with Crippen LogP contribution in [0, 0.1) is 21.4 Å². The number of anilines is 2. The van der Waals surface area contributed by atoms with Gasteiger partial charge < -0.3 is 15.4 Å². The zero-order chi connectivity index (χ0) is 19.1. The smallest absolute Gasteiger partial charge is 0.271 e. The number of carbonyl (C=O) groups is 1. The second-order valence-electron chi connectivity index (χ2n) is 4.92. The van der Waals surface area contributed by atoms with Crippen LogP contribution in [0.15, 0.2) is 58.7 Å². The van der Waals surface area contributed by atoms with E-state index in [1.807, 2.05) is 0 Å². The summed E-state index contributed by atoms with van der Waals surface area (Å²) in [7, 11) is 1.40. The molecule has 0 bridgehead atoms. The van der Waals surface area contributed by atoms with E-state index in [2.05, 4.69) is 26.6 Å². The second kappa shape index (κ2) is 8.64. The number of halogens is 1. The number of hydrogen-bond acceptors (Lipinski definition) is 6. The molecule has 0 unspecified atom stereocenters. The molecule has 0 aliphatic carbocycles. The number of benzene rings is 2. The monoisotopic (exact) mass is 416 g/mol. The third kappa shape index (κ3) is 4.81. The minimum Gasteiger partial charge on any atom is -0.495 e. The molecule has 132 valence electrons. The lowest BCUT2D eigenvalue weighted by atomic mass is 10.2. The summed E-state index contributed by atoms with van der Waals surface area (Å²) in [5, 5.41) is 25.4. The summed E-state index contributed by atoms with van der Waals surface area (Å²) in [5.74, 6) is -0.288. The molecule has 0 fully saturated rings. The van der Waals surface area contributed by atoms with Gasteiger partial charge in [0.05, 0.1) is 17.7 Å². The van der Waals surface area contributed by atoms with Crippen molar-refractivity contribution < 1.29 is 14.5 Å². The van der Waals surface area contributed by atoms with Crippen LogP contribution >= 0.6 is 15.9 Å².